The van der Waals surface area contributed by atoms with Gasteiger partial charge in [-0.2, -0.15) is 0 Å². The van der Waals surface area contributed by atoms with Crippen molar-refractivity contribution in [3.63, 3.8) is 0 Å². The van der Waals surface area contributed by atoms with E-state index in [1.54, 1.807) is 0 Å². The molecule has 1 unspecified atom stereocenters. The van der Waals surface area contributed by atoms with Gasteiger partial charge in [0.2, 0.25) is 0 Å². The van der Waals surface area contributed by atoms with E-state index in [9.17, 15) is 4.79 Å². The Kier molecular flexibility index (Phi) is 7.39. The van der Waals surface area contributed by atoms with Crippen molar-refractivity contribution >= 4 is 33.5 Å². The molecule has 1 saturated carbocycles. The molecule has 2 heterocycles. The molecule has 0 N–H and O–H groups in total. The second-order valence-electron chi connectivity index (χ2n) is 9.80. The van der Waals surface area contributed by atoms with Gasteiger partial charge in [0.15, 0.2) is 0 Å². The van der Waals surface area contributed by atoms with Crippen LogP contribution in [0.2, 0.25) is 5.02 Å². The van der Waals surface area contributed by atoms with Crippen LogP contribution in [-0.2, 0) is 22.4 Å². The number of halogens is 2. The minimum Gasteiger partial charge on any atom is -0.462 e. The summed E-state index contributed by atoms with van der Waals surface area (Å²) >= 11 is 10.00. The quantitative estimate of drug-likeness (QED) is 0.415. The second-order valence-corrected chi connectivity index (χ2v) is 11.2. The summed E-state index contributed by atoms with van der Waals surface area (Å²) in [7, 11) is 0. The molecule has 1 aromatic heterocycles. The molecular weight excluding hydrogens is 500 g/mol. The number of aromatic nitrogens is 1. The van der Waals surface area contributed by atoms with E-state index in [2.05, 4.69) is 39.0 Å². The third kappa shape index (κ3) is 5.31. The first-order valence-electron chi connectivity index (χ1n) is 12.5. The SMILES string of the molecule is O=C(OC1CCCC1)C1CCCCN([C@@H]2c3ccc(Cl)cc3CCc3cc(Br)cnc32)CC1. The van der Waals surface area contributed by atoms with Crippen molar-refractivity contribution in [2.75, 3.05) is 13.1 Å². The molecule has 2 atom stereocenters. The lowest BCUT2D eigenvalue weighted by Gasteiger charge is -2.35. The van der Waals surface area contributed by atoms with Crippen molar-refractivity contribution in [3.05, 3.63) is 62.3 Å². The van der Waals surface area contributed by atoms with Crippen LogP contribution in [0.4, 0.5) is 0 Å². The third-order valence-electron chi connectivity index (χ3n) is 7.59. The Morgan fingerprint density at radius 1 is 1.00 bits per heavy atom. The lowest BCUT2D eigenvalue weighted by Crippen LogP contribution is -2.36. The first-order chi connectivity index (χ1) is 16.1. The van der Waals surface area contributed by atoms with E-state index in [1.165, 1.54) is 29.5 Å². The van der Waals surface area contributed by atoms with E-state index >= 15 is 0 Å². The van der Waals surface area contributed by atoms with E-state index in [4.69, 9.17) is 21.3 Å². The highest BCUT2D eigenvalue weighted by atomic mass is 79.9. The Hall–Kier alpha value is -1.43. The number of ether oxygens (including phenoxy) is 1. The summed E-state index contributed by atoms with van der Waals surface area (Å²) in [5, 5.41) is 0.787. The van der Waals surface area contributed by atoms with E-state index in [0.717, 1.165) is 79.6 Å². The van der Waals surface area contributed by atoms with Crippen LogP contribution in [0.1, 0.15) is 79.8 Å². The maximum Gasteiger partial charge on any atom is 0.309 e. The number of hydrogen-bond acceptors (Lipinski definition) is 4. The molecule has 3 aliphatic rings. The Labute approximate surface area is 210 Å². The molecule has 2 aromatic rings. The molecule has 0 radical (unpaired) electrons. The van der Waals surface area contributed by atoms with Crippen molar-refractivity contribution < 1.29 is 9.53 Å². The van der Waals surface area contributed by atoms with Crippen molar-refractivity contribution in [2.24, 2.45) is 5.92 Å². The summed E-state index contributed by atoms with van der Waals surface area (Å²) in [4.78, 5) is 20.4. The summed E-state index contributed by atoms with van der Waals surface area (Å²) < 4.78 is 6.92. The number of carbonyl (C=O) groups is 1. The Balaban J connectivity index is 1.41. The summed E-state index contributed by atoms with van der Waals surface area (Å²) in [5.74, 6) is 0.0282. The molecule has 33 heavy (non-hydrogen) atoms. The van der Waals surface area contributed by atoms with Crippen LogP contribution in [0, 0.1) is 5.92 Å². The Morgan fingerprint density at radius 2 is 1.79 bits per heavy atom. The zero-order valence-corrected chi connectivity index (χ0v) is 21.4. The van der Waals surface area contributed by atoms with Crippen LogP contribution in [0.5, 0.6) is 0 Å². The highest BCUT2D eigenvalue weighted by molar-refractivity contribution is 9.10. The van der Waals surface area contributed by atoms with Crippen molar-refractivity contribution in [1.82, 2.24) is 9.88 Å². The van der Waals surface area contributed by atoms with Crippen molar-refractivity contribution in [1.29, 1.82) is 0 Å². The topological polar surface area (TPSA) is 42.4 Å². The lowest BCUT2D eigenvalue weighted by atomic mass is 9.92. The normalized spacial score (nSPS) is 24.3. The summed E-state index contributed by atoms with van der Waals surface area (Å²) in [6, 6.07) is 8.62. The second kappa shape index (κ2) is 10.5. The lowest BCUT2D eigenvalue weighted by molar-refractivity contribution is -0.154. The number of aryl methyl sites for hydroxylation is 2. The molecule has 1 aromatic carbocycles. The number of pyridine rings is 1. The van der Waals surface area contributed by atoms with Gasteiger partial charge in [0.05, 0.1) is 17.7 Å². The van der Waals surface area contributed by atoms with Gasteiger partial charge >= 0.3 is 5.97 Å². The summed E-state index contributed by atoms with van der Waals surface area (Å²) in [5.41, 5.74) is 5.05. The average Bonchev–Trinajstić information content (AvgIpc) is 3.23. The highest BCUT2D eigenvalue weighted by Gasteiger charge is 2.33. The predicted molar refractivity (Wildman–Crippen MR) is 135 cm³/mol. The van der Waals surface area contributed by atoms with Gasteiger partial charge in [-0.15, -0.1) is 0 Å². The minimum absolute atomic E-state index is 0.00112. The van der Waals surface area contributed by atoms with E-state index in [1.807, 2.05) is 12.3 Å². The maximum atomic E-state index is 13.0. The van der Waals surface area contributed by atoms with Crippen molar-refractivity contribution in [3.8, 4) is 0 Å². The maximum absolute atomic E-state index is 13.0. The highest BCUT2D eigenvalue weighted by Crippen LogP contribution is 2.39. The third-order valence-corrected chi connectivity index (χ3v) is 8.26. The summed E-state index contributed by atoms with van der Waals surface area (Å²) in [6.45, 7) is 1.88. The fourth-order valence-corrected chi connectivity index (χ4v) is 6.40. The average molecular weight is 532 g/mol. The summed E-state index contributed by atoms with van der Waals surface area (Å²) in [6.07, 6.45) is 12.3. The molecule has 4 nitrogen and oxygen atoms in total. The van der Waals surface area contributed by atoms with Gasteiger partial charge in [-0.1, -0.05) is 24.1 Å². The molecule has 0 bridgehead atoms. The molecule has 176 valence electrons. The zero-order chi connectivity index (χ0) is 22.8. The van der Waals surface area contributed by atoms with Crippen LogP contribution in [0.25, 0.3) is 0 Å². The number of likely N-dealkylation sites (tertiary alicyclic amines) is 1. The van der Waals surface area contributed by atoms with Crippen LogP contribution < -0.4 is 0 Å². The number of rotatable bonds is 3. The van der Waals surface area contributed by atoms with Gasteiger partial charge in [0, 0.05) is 15.7 Å². The van der Waals surface area contributed by atoms with Crippen LogP contribution in [0.15, 0.2) is 34.9 Å². The van der Waals surface area contributed by atoms with E-state index in [-0.39, 0.29) is 24.0 Å². The van der Waals surface area contributed by atoms with Gasteiger partial charge in [0.25, 0.3) is 0 Å². The number of nitrogens with zero attached hydrogens (tertiary/aromatic N) is 2. The number of carbonyl (C=O) groups excluding carboxylic acids is 1. The van der Waals surface area contributed by atoms with Gasteiger partial charge < -0.3 is 4.74 Å². The molecule has 2 aliphatic carbocycles. The molecule has 6 heteroatoms. The van der Waals surface area contributed by atoms with Gasteiger partial charge in [-0.05, 0) is 122 Å². The number of benzene rings is 1. The van der Waals surface area contributed by atoms with Crippen LogP contribution >= 0.6 is 27.5 Å². The first kappa shape index (κ1) is 23.3. The largest absolute Gasteiger partial charge is 0.462 e. The monoisotopic (exact) mass is 530 g/mol. The molecule has 0 amide bonds. The molecule has 1 aliphatic heterocycles. The van der Waals surface area contributed by atoms with Crippen molar-refractivity contribution in [2.45, 2.75) is 76.4 Å². The fraction of sp³-hybridized carbons (Fsp3) is 0.556. The first-order valence-corrected chi connectivity index (χ1v) is 13.6. The van der Waals surface area contributed by atoms with E-state index in [0.29, 0.717) is 0 Å². The molecular formula is C27H32BrClN2O2. The Bertz CT molecular complexity index is 954. The number of fused-ring (bicyclic) bond motifs is 2. The van der Waals surface area contributed by atoms with E-state index < -0.39 is 0 Å². The Morgan fingerprint density at radius 3 is 2.64 bits per heavy atom. The standard InChI is InChI=1S/C27H32BrClN2O2/c28-21-15-20-9-8-19-16-22(29)10-11-24(19)26(25(20)30-17-21)31-13-4-3-5-18(12-14-31)27(32)33-23-6-1-2-7-23/h10-11,15-18,23,26H,1-9,12-14H2/t18?,26-/m1/s1. The predicted octanol–water partition coefficient (Wildman–Crippen LogP) is 6.66. The molecule has 0 spiro atoms. The van der Waals surface area contributed by atoms with Gasteiger partial charge in [-0.25, -0.2) is 0 Å². The molecule has 2 fully saturated rings. The number of hydrogen-bond donors (Lipinski definition) is 0. The van der Waals surface area contributed by atoms with Gasteiger partial charge in [0.1, 0.15) is 6.10 Å². The molecule has 5 rings (SSSR count). The van der Waals surface area contributed by atoms with Crippen LogP contribution in [0.3, 0.4) is 0 Å². The fourth-order valence-electron chi connectivity index (χ4n) is 5.83. The minimum atomic E-state index is 0.00112. The van der Waals surface area contributed by atoms with Gasteiger partial charge in [-0.3, -0.25) is 14.7 Å². The zero-order valence-electron chi connectivity index (χ0n) is 19.1. The number of esters is 1. The molecule has 1 saturated heterocycles. The van der Waals surface area contributed by atoms with Crippen LogP contribution in [-0.4, -0.2) is 35.0 Å². The smallest absolute Gasteiger partial charge is 0.309 e.